The predicted octanol–water partition coefficient (Wildman–Crippen LogP) is 4.92. The van der Waals surface area contributed by atoms with E-state index in [0.717, 1.165) is 56.6 Å². The minimum atomic E-state index is -0.459. The predicted molar refractivity (Wildman–Crippen MR) is 113 cm³/mol. The van der Waals surface area contributed by atoms with Gasteiger partial charge in [-0.05, 0) is 70.9 Å². The van der Waals surface area contributed by atoms with Gasteiger partial charge in [0.25, 0.3) is 0 Å². The SMILES string of the molecule is CCOC(=O)Nc1ccc(OCC)cc1NC1CCC[C@H](O[C@@H]2CCCCO2)C1. The molecular weight excluding hydrogens is 372 g/mol. The third kappa shape index (κ3) is 6.78. The van der Waals surface area contributed by atoms with Gasteiger partial charge >= 0.3 is 6.09 Å². The number of rotatable bonds is 8. The number of carbonyl (C=O) groups excluding carboxylic acids is 1. The minimum Gasteiger partial charge on any atom is -0.494 e. The van der Waals surface area contributed by atoms with Gasteiger partial charge in [0, 0.05) is 18.7 Å². The molecule has 1 aromatic rings. The molecule has 2 N–H and O–H groups in total. The van der Waals surface area contributed by atoms with E-state index in [1.807, 2.05) is 25.1 Å². The van der Waals surface area contributed by atoms with E-state index in [-0.39, 0.29) is 18.4 Å². The van der Waals surface area contributed by atoms with Crippen molar-refractivity contribution >= 4 is 17.5 Å². The lowest BCUT2D eigenvalue weighted by Gasteiger charge is -2.34. The number of benzene rings is 1. The molecule has 2 fully saturated rings. The van der Waals surface area contributed by atoms with Crippen molar-refractivity contribution in [3.8, 4) is 5.75 Å². The molecule has 7 nitrogen and oxygen atoms in total. The second-order valence-electron chi connectivity index (χ2n) is 7.55. The summed E-state index contributed by atoms with van der Waals surface area (Å²) in [5.74, 6) is 0.767. The Bertz CT molecular complexity index is 648. The van der Waals surface area contributed by atoms with Crippen LogP contribution < -0.4 is 15.4 Å². The molecule has 1 amide bonds. The molecule has 0 spiro atoms. The summed E-state index contributed by atoms with van der Waals surface area (Å²) in [5, 5.41) is 6.41. The monoisotopic (exact) mass is 406 g/mol. The van der Waals surface area contributed by atoms with Crippen LogP contribution in [0.2, 0.25) is 0 Å². The number of hydrogen-bond donors (Lipinski definition) is 2. The van der Waals surface area contributed by atoms with Gasteiger partial charge in [0.2, 0.25) is 0 Å². The van der Waals surface area contributed by atoms with Crippen LogP contribution >= 0.6 is 0 Å². The topological polar surface area (TPSA) is 78.1 Å². The third-order valence-electron chi connectivity index (χ3n) is 5.28. The average molecular weight is 407 g/mol. The lowest BCUT2D eigenvalue weighted by molar-refractivity contribution is -0.193. The van der Waals surface area contributed by atoms with Crippen LogP contribution in [0.1, 0.15) is 58.8 Å². The Hall–Kier alpha value is -1.99. The molecule has 3 rings (SSSR count). The summed E-state index contributed by atoms with van der Waals surface area (Å²) in [6.07, 6.45) is 7.09. The summed E-state index contributed by atoms with van der Waals surface area (Å²) in [6.45, 7) is 5.46. The van der Waals surface area contributed by atoms with Crippen LogP contribution in [0.3, 0.4) is 0 Å². The first-order chi connectivity index (χ1) is 14.2. The summed E-state index contributed by atoms with van der Waals surface area (Å²) < 4.78 is 22.6. The zero-order valence-electron chi connectivity index (χ0n) is 17.6. The average Bonchev–Trinajstić information content (AvgIpc) is 2.71. The van der Waals surface area contributed by atoms with Crippen LogP contribution in [-0.4, -0.2) is 44.3 Å². The maximum atomic E-state index is 11.9. The van der Waals surface area contributed by atoms with E-state index < -0.39 is 6.09 Å². The van der Waals surface area contributed by atoms with Gasteiger partial charge in [-0.2, -0.15) is 0 Å². The third-order valence-corrected chi connectivity index (χ3v) is 5.28. The van der Waals surface area contributed by atoms with Crippen molar-refractivity contribution in [2.75, 3.05) is 30.5 Å². The molecule has 162 valence electrons. The fourth-order valence-corrected chi connectivity index (χ4v) is 3.94. The van der Waals surface area contributed by atoms with Crippen LogP contribution in [0.25, 0.3) is 0 Å². The number of hydrogen-bond acceptors (Lipinski definition) is 6. The van der Waals surface area contributed by atoms with E-state index in [1.54, 1.807) is 6.92 Å². The van der Waals surface area contributed by atoms with Crippen molar-refractivity contribution in [2.24, 2.45) is 0 Å². The maximum absolute atomic E-state index is 11.9. The number of ether oxygens (including phenoxy) is 4. The molecule has 1 aromatic carbocycles. The minimum absolute atomic E-state index is 0.0603. The lowest BCUT2D eigenvalue weighted by atomic mass is 9.92. The van der Waals surface area contributed by atoms with Gasteiger partial charge in [0.15, 0.2) is 6.29 Å². The molecular formula is C22H34N2O5. The number of amides is 1. The largest absolute Gasteiger partial charge is 0.494 e. The van der Waals surface area contributed by atoms with E-state index in [1.165, 1.54) is 6.42 Å². The molecule has 1 saturated carbocycles. The Morgan fingerprint density at radius 3 is 2.76 bits per heavy atom. The van der Waals surface area contributed by atoms with E-state index in [4.69, 9.17) is 18.9 Å². The van der Waals surface area contributed by atoms with Crippen LogP contribution in [-0.2, 0) is 14.2 Å². The van der Waals surface area contributed by atoms with Crippen LogP contribution in [0.5, 0.6) is 5.75 Å². The molecule has 1 aliphatic heterocycles. The van der Waals surface area contributed by atoms with Crippen LogP contribution in [0.15, 0.2) is 18.2 Å². The molecule has 1 saturated heterocycles. The van der Waals surface area contributed by atoms with Gasteiger partial charge in [-0.25, -0.2) is 4.79 Å². The second-order valence-corrected chi connectivity index (χ2v) is 7.55. The second kappa shape index (κ2) is 11.3. The molecule has 2 aliphatic rings. The van der Waals surface area contributed by atoms with Crippen LogP contribution in [0, 0.1) is 0 Å². The van der Waals surface area contributed by atoms with Gasteiger partial charge in [-0.3, -0.25) is 5.32 Å². The first-order valence-corrected chi connectivity index (χ1v) is 10.9. The van der Waals surface area contributed by atoms with Crippen molar-refractivity contribution in [2.45, 2.75) is 77.2 Å². The standard InChI is InChI=1S/C22H34N2O5/c1-3-26-17-11-12-19(24-22(25)27-4-2)20(15-17)23-16-8-7-9-18(14-16)29-21-10-5-6-13-28-21/h11-12,15-16,18,21,23H,3-10,13-14H2,1-2H3,(H,24,25)/t16?,18-,21+/m0/s1. The summed E-state index contributed by atoms with van der Waals surface area (Å²) in [6, 6.07) is 5.89. The highest BCUT2D eigenvalue weighted by Crippen LogP contribution is 2.32. The van der Waals surface area contributed by atoms with E-state index >= 15 is 0 Å². The molecule has 7 heteroatoms. The number of anilines is 2. The maximum Gasteiger partial charge on any atom is 0.411 e. The van der Waals surface area contributed by atoms with Gasteiger partial charge in [-0.15, -0.1) is 0 Å². The van der Waals surface area contributed by atoms with Crippen LogP contribution in [0.4, 0.5) is 16.2 Å². The number of nitrogens with one attached hydrogen (secondary N) is 2. The molecule has 1 aliphatic carbocycles. The molecule has 1 unspecified atom stereocenters. The van der Waals surface area contributed by atoms with Crippen molar-refractivity contribution < 1.29 is 23.7 Å². The summed E-state index contributed by atoms with van der Waals surface area (Å²) >= 11 is 0. The first kappa shape index (κ1) is 21.7. The molecule has 0 radical (unpaired) electrons. The zero-order chi connectivity index (χ0) is 20.5. The highest BCUT2D eigenvalue weighted by molar-refractivity contribution is 5.89. The Balaban J connectivity index is 1.64. The van der Waals surface area contributed by atoms with Crippen molar-refractivity contribution in [1.29, 1.82) is 0 Å². The zero-order valence-corrected chi connectivity index (χ0v) is 17.6. The van der Waals surface area contributed by atoms with Gasteiger partial charge in [0.05, 0.1) is 30.7 Å². The fourth-order valence-electron chi connectivity index (χ4n) is 3.94. The fraction of sp³-hybridized carbons (Fsp3) is 0.682. The highest BCUT2D eigenvalue weighted by Gasteiger charge is 2.27. The smallest absolute Gasteiger partial charge is 0.411 e. The van der Waals surface area contributed by atoms with Crippen molar-refractivity contribution in [1.82, 2.24) is 0 Å². The molecule has 3 atom stereocenters. The highest BCUT2D eigenvalue weighted by atomic mass is 16.7. The first-order valence-electron chi connectivity index (χ1n) is 10.9. The Morgan fingerprint density at radius 1 is 1.10 bits per heavy atom. The molecule has 29 heavy (non-hydrogen) atoms. The van der Waals surface area contributed by atoms with Crippen molar-refractivity contribution in [3.63, 3.8) is 0 Å². The Labute approximate surface area is 173 Å². The van der Waals surface area contributed by atoms with Gasteiger partial charge in [0.1, 0.15) is 5.75 Å². The van der Waals surface area contributed by atoms with E-state index in [0.29, 0.717) is 18.9 Å². The summed E-state index contributed by atoms with van der Waals surface area (Å²) in [7, 11) is 0. The molecule has 0 bridgehead atoms. The van der Waals surface area contributed by atoms with Gasteiger partial charge < -0.3 is 24.3 Å². The summed E-state index contributed by atoms with van der Waals surface area (Å²) in [4.78, 5) is 11.9. The van der Waals surface area contributed by atoms with Gasteiger partial charge in [-0.1, -0.05) is 0 Å². The Kier molecular flexibility index (Phi) is 8.43. The quantitative estimate of drug-likeness (QED) is 0.638. The van der Waals surface area contributed by atoms with E-state index in [2.05, 4.69) is 10.6 Å². The van der Waals surface area contributed by atoms with Crippen molar-refractivity contribution in [3.05, 3.63) is 18.2 Å². The molecule has 1 heterocycles. The number of carbonyl (C=O) groups is 1. The summed E-state index contributed by atoms with van der Waals surface area (Å²) in [5.41, 5.74) is 1.52. The Morgan fingerprint density at radius 2 is 2.00 bits per heavy atom. The van der Waals surface area contributed by atoms with E-state index in [9.17, 15) is 4.79 Å². The normalized spacial score (nSPS) is 24.6. The molecule has 0 aromatic heterocycles. The lowest BCUT2D eigenvalue weighted by Crippen LogP contribution is -2.35.